The van der Waals surface area contributed by atoms with Crippen molar-refractivity contribution in [2.24, 2.45) is 10.9 Å². The summed E-state index contributed by atoms with van der Waals surface area (Å²) in [6.45, 7) is 2.03. The molecule has 5 nitrogen and oxygen atoms in total. The number of aromatic nitrogens is 1. The van der Waals surface area contributed by atoms with Crippen molar-refractivity contribution in [2.75, 3.05) is 0 Å². The first-order valence-corrected chi connectivity index (χ1v) is 6.42. The first-order valence-electron chi connectivity index (χ1n) is 6.04. The third-order valence-electron chi connectivity index (χ3n) is 2.74. The van der Waals surface area contributed by atoms with E-state index in [9.17, 15) is 0 Å². The number of benzene rings is 1. The average Bonchev–Trinajstić information content (AvgIpc) is 2.49. The highest BCUT2D eigenvalue weighted by Crippen LogP contribution is 2.26. The standard InChI is InChI=1S/C14H14ClN3O2/c1-2-9-7-10(3-5-12(9)15)20-11-4-6-13(17-8-11)14(16)18-19/h3-8,19H,2H2,1H3,(H2,16,18). The minimum atomic E-state index is -0.0451. The van der Waals surface area contributed by atoms with Crippen molar-refractivity contribution in [1.82, 2.24) is 4.98 Å². The minimum absolute atomic E-state index is 0.0451. The number of rotatable bonds is 4. The molecular formula is C14H14ClN3O2. The number of oxime groups is 1. The molecule has 0 saturated carbocycles. The predicted molar refractivity (Wildman–Crippen MR) is 77.7 cm³/mol. The van der Waals surface area contributed by atoms with Gasteiger partial charge in [-0.1, -0.05) is 23.7 Å². The Kier molecular flexibility index (Phi) is 4.42. The summed E-state index contributed by atoms with van der Waals surface area (Å²) in [5.41, 5.74) is 6.83. The van der Waals surface area contributed by atoms with Crippen LogP contribution in [0.15, 0.2) is 41.7 Å². The summed E-state index contributed by atoms with van der Waals surface area (Å²) in [5, 5.41) is 12.2. The summed E-state index contributed by atoms with van der Waals surface area (Å²) in [6.07, 6.45) is 2.34. The number of halogens is 1. The lowest BCUT2D eigenvalue weighted by atomic mass is 10.1. The summed E-state index contributed by atoms with van der Waals surface area (Å²) in [4.78, 5) is 4.04. The lowest BCUT2D eigenvalue weighted by molar-refractivity contribution is 0.318. The van der Waals surface area contributed by atoms with Crippen molar-refractivity contribution in [3.05, 3.63) is 52.8 Å². The Morgan fingerprint density at radius 2 is 2.10 bits per heavy atom. The molecule has 0 saturated heterocycles. The van der Waals surface area contributed by atoms with E-state index in [-0.39, 0.29) is 5.84 Å². The lowest BCUT2D eigenvalue weighted by Gasteiger charge is -2.08. The van der Waals surface area contributed by atoms with Gasteiger partial charge in [-0.25, -0.2) is 4.98 Å². The molecule has 0 spiro atoms. The van der Waals surface area contributed by atoms with Crippen LogP contribution < -0.4 is 10.5 Å². The molecule has 6 heteroatoms. The van der Waals surface area contributed by atoms with Gasteiger partial charge in [0.2, 0.25) is 0 Å². The molecule has 2 aromatic rings. The van der Waals surface area contributed by atoms with Gasteiger partial charge in [-0.3, -0.25) is 0 Å². The van der Waals surface area contributed by atoms with Gasteiger partial charge < -0.3 is 15.7 Å². The normalized spacial score (nSPS) is 11.4. The van der Waals surface area contributed by atoms with Gasteiger partial charge in [0.1, 0.15) is 17.2 Å². The van der Waals surface area contributed by atoms with E-state index in [1.165, 1.54) is 6.20 Å². The van der Waals surface area contributed by atoms with Crippen molar-refractivity contribution in [2.45, 2.75) is 13.3 Å². The predicted octanol–water partition coefficient (Wildman–Crippen LogP) is 3.18. The zero-order valence-corrected chi connectivity index (χ0v) is 11.6. The van der Waals surface area contributed by atoms with Crippen LogP contribution in [0.25, 0.3) is 0 Å². The molecule has 104 valence electrons. The second kappa shape index (κ2) is 6.25. The van der Waals surface area contributed by atoms with Gasteiger partial charge in [-0.2, -0.15) is 0 Å². The van der Waals surface area contributed by atoms with E-state index >= 15 is 0 Å². The number of aryl methyl sites for hydroxylation is 1. The topological polar surface area (TPSA) is 80.7 Å². The molecule has 20 heavy (non-hydrogen) atoms. The molecule has 1 aromatic heterocycles. The van der Waals surface area contributed by atoms with Crippen LogP contribution in [0.1, 0.15) is 18.2 Å². The Morgan fingerprint density at radius 1 is 1.35 bits per heavy atom. The number of hydrogen-bond acceptors (Lipinski definition) is 4. The van der Waals surface area contributed by atoms with Crippen LogP contribution in [-0.2, 0) is 6.42 Å². The molecule has 1 heterocycles. The third kappa shape index (κ3) is 3.19. The molecule has 3 N–H and O–H groups in total. The van der Waals surface area contributed by atoms with Crippen LogP contribution in [0, 0.1) is 0 Å². The highest BCUT2D eigenvalue weighted by atomic mass is 35.5. The largest absolute Gasteiger partial charge is 0.456 e. The Hall–Kier alpha value is -2.27. The van der Waals surface area contributed by atoms with Crippen LogP contribution in [0.5, 0.6) is 11.5 Å². The van der Waals surface area contributed by atoms with Crippen LogP contribution in [0.2, 0.25) is 5.02 Å². The highest BCUT2D eigenvalue weighted by molar-refractivity contribution is 6.31. The molecule has 0 radical (unpaired) electrons. The molecule has 0 amide bonds. The molecular weight excluding hydrogens is 278 g/mol. The summed E-state index contributed by atoms with van der Waals surface area (Å²) < 4.78 is 5.68. The van der Waals surface area contributed by atoms with Crippen molar-refractivity contribution in [3.8, 4) is 11.5 Å². The van der Waals surface area contributed by atoms with Gasteiger partial charge in [0, 0.05) is 5.02 Å². The molecule has 1 aromatic carbocycles. The second-order valence-corrected chi connectivity index (χ2v) is 4.48. The van der Waals surface area contributed by atoms with Crippen molar-refractivity contribution in [3.63, 3.8) is 0 Å². The van der Waals surface area contributed by atoms with E-state index < -0.39 is 0 Å². The molecule has 2 rings (SSSR count). The van der Waals surface area contributed by atoms with Crippen LogP contribution in [-0.4, -0.2) is 16.0 Å². The van der Waals surface area contributed by atoms with Gasteiger partial charge >= 0.3 is 0 Å². The summed E-state index contributed by atoms with van der Waals surface area (Å²) in [5.74, 6) is 1.20. The fourth-order valence-electron chi connectivity index (χ4n) is 1.67. The Balaban J connectivity index is 2.18. The average molecular weight is 292 g/mol. The third-order valence-corrected chi connectivity index (χ3v) is 3.11. The fourth-order valence-corrected chi connectivity index (χ4v) is 1.92. The molecule has 0 aliphatic rings. The van der Waals surface area contributed by atoms with E-state index in [2.05, 4.69) is 10.1 Å². The highest BCUT2D eigenvalue weighted by Gasteiger charge is 2.04. The zero-order chi connectivity index (χ0) is 14.5. The summed E-state index contributed by atoms with van der Waals surface area (Å²) >= 11 is 6.05. The van der Waals surface area contributed by atoms with Gasteiger partial charge in [-0.15, -0.1) is 0 Å². The van der Waals surface area contributed by atoms with Gasteiger partial charge in [-0.05, 0) is 42.3 Å². The Bertz CT molecular complexity index is 627. The van der Waals surface area contributed by atoms with E-state index in [4.69, 9.17) is 27.3 Å². The maximum Gasteiger partial charge on any atom is 0.188 e. The van der Waals surface area contributed by atoms with E-state index in [0.29, 0.717) is 17.2 Å². The Morgan fingerprint density at radius 3 is 2.70 bits per heavy atom. The summed E-state index contributed by atoms with van der Waals surface area (Å²) in [7, 11) is 0. The molecule has 0 bridgehead atoms. The monoisotopic (exact) mass is 291 g/mol. The maximum absolute atomic E-state index is 8.56. The number of amidine groups is 1. The number of nitrogens with two attached hydrogens (primary N) is 1. The van der Waals surface area contributed by atoms with Crippen LogP contribution in [0.3, 0.4) is 0 Å². The maximum atomic E-state index is 8.56. The number of pyridine rings is 1. The van der Waals surface area contributed by atoms with Crippen molar-refractivity contribution in [1.29, 1.82) is 0 Å². The van der Waals surface area contributed by atoms with Gasteiger partial charge in [0.25, 0.3) is 0 Å². The molecule has 0 unspecified atom stereocenters. The molecule has 0 aliphatic heterocycles. The second-order valence-electron chi connectivity index (χ2n) is 4.07. The molecule has 0 aliphatic carbocycles. The Labute approximate surface area is 121 Å². The van der Waals surface area contributed by atoms with Crippen LogP contribution in [0.4, 0.5) is 0 Å². The molecule has 0 fully saturated rings. The van der Waals surface area contributed by atoms with E-state index in [1.54, 1.807) is 24.3 Å². The van der Waals surface area contributed by atoms with Crippen molar-refractivity contribution < 1.29 is 9.94 Å². The van der Waals surface area contributed by atoms with E-state index in [1.807, 2.05) is 13.0 Å². The summed E-state index contributed by atoms with van der Waals surface area (Å²) in [6, 6.07) is 8.79. The quantitative estimate of drug-likeness (QED) is 0.392. The lowest BCUT2D eigenvalue weighted by Crippen LogP contribution is -2.14. The molecule has 0 atom stereocenters. The fraction of sp³-hybridized carbons (Fsp3) is 0.143. The smallest absolute Gasteiger partial charge is 0.188 e. The number of ether oxygens (including phenoxy) is 1. The van der Waals surface area contributed by atoms with Crippen molar-refractivity contribution >= 4 is 17.4 Å². The first-order chi connectivity index (χ1) is 9.63. The van der Waals surface area contributed by atoms with E-state index in [0.717, 1.165) is 17.0 Å². The number of hydrogen-bond donors (Lipinski definition) is 2. The van der Waals surface area contributed by atoms with Gasteiger partial charge in [0.05, 0.1) is 6.20 Å². The minimum Gasteiger partial charge on any atom is -0.456 e. The zero-order valence-electron chi connectivity index (χ0n) is 10.9. The first kappa shape index (κ1) is 14.1. The number of nitrogens with zero attached hydrogens (tertiary/aromatic N) is 2. The van der Waals surface area contributed by atoms with Gasteiger partial charge in [0.15, 0.2) is 5.84 Å². The SMILES string of the molecule is CCc1cc(Oc2ccc(/C(N)=N/O)nc2)ccc1Cl. The van der Waals surface area contributed by atoms with Crippen LogP contribution >= 0.6 is 11.6 Å².